The van der Waals surface area contributed by atoms with Crippen LogP contribution in [0.3, 0.4) is 0 Å². The zero-order valence-corrected chi connectivity index (χ0v) is 5.47. The van der Waals surface area contributed by atoms with Gasteiger partial charge in [0.25, 0.3) is 0 Å². The summed E-state index contributed by atoms with van der Waals surface area (Å²) in [6.07, 6.45) is 0. The molecule has 26 valence electrons. The number of rotatable bonds is 0. The van der Waals surface area contributed by atoms with Gasteiger partial charge in [-0.15, -0.1) is 12.4 Å². The molecule has 0 saturated heterocycles. The Hall–Kier alpha value is 1.01. The van der Waals surface area contributed by atoms with Crippen LogP contribution in [0.4, 0.5) is 0 Å². The Labute approximate surface area is 41.6 Å². The molecule has 0 aromatic heterocycles. The molecule has 0 aliphatic carbocycles. The molecule has 0 heterocycles. The van der Waals surface area contributed by atoms with Crippen molar-refractivity contribution >= 4 is 34.4 Å². The van der Waals surface area contributed by atoms with Crippen molar-refractivity contribution in [1.29, 1.82) is 0 Å². The van der Waals surface area contributed by atoms with Crippen LogP contribution in [0, 0.1) is 0 Å². The summed E-state index contributed by atoms with van der Waals surface area (Å²) < 4.78 is 14.6. The number of hydrogen-bond donors (Lipinski definition) is 2. The van der Waals surface area contributed by atoms with Gasteiger partial charge in [0.1, 0.15) is 0 Å². The molecule has 0 aromatic carbocycles. The van der Waals surface area contributed by atoms with Gasteiger partial charge in [-0.05, 0) is 0 Å². The average Bonchev–Trinajstić information content (AvgIpc) is 0.918. The molecule has 2 N–H and O–H groups in total. The van der Waals surface area contributed by atoms with E-state index in [2.05, 4.69) is 0 Å². The topological polar surface area (TPSA) is 40.5 Å². The van der Waals surface area contributed by atoms with Crippen LogP contribution in [0.25, 0.3) is 0 Å². The average molecular weight is 189 g/mol. The van der Waals surface area contributed by atoms with E-state index in [-0.39, 0.29) is 12.4 Å². The van der Waals surface area contributed by atoms with Crippen molar-refractivity contribution in [2.75, 3.05) is 0 Å². The fourth-order valence-corrected chi connectivity index (χ4v) is 0. The van der Waals surface area contributed by atoms with Crippen LogP contribution in [0.2, 0.25) is 0 Å². The second-order valence-electron chi connectivity index (χ2n) is 0.100. The standard InChI is InChI=1S/ClH.2H2O.Sn/h1H;2*1H2;/q;;;+2/p-2. The Balaban J connectivity index is 0. The second-order valence-corrected chi connectivity index (χ2v) is 0.671. The summed E-state index contributed by atoms with van der Waals surface area (Å²) in [6.45, 7) is 0. The van der Waals surface area contributed by atoms with Gasteiger partial charge in [0.15, 0.2) is 0 Å². The normalized spacial score (nSPS) is 4.50. The number of halogens is 1. The minimum atomic E-state index is -1.77. The Morgan fingerprint density at radius 2 is 1.25 bits per heavy atom. The summed E-state index contributed by atoms with van der Waals surface area (Å²) in [5.41, 5.74) is 0. The van der Waals surface area contributed by atoms with E-state index >= 15 is 0 Å². The van der Waals surface area contributed by atoms with Gasteiger partial charge >= 0.3 is 28.9 Å². The summed E-state index contributed by atoms with van der Waals surface area (Å²) in [4.78, 5) is 0. The number of hydrogen-bond acceptors (Lipinski definition) is 2. The van der Waals surface area contributed by atoms with E-state index in [1.54, 1.807) is 0 Å². The van der Waals surface area contributed by atoms with Gasteiger partial charge in [-0.1, -0.05) is 0 Å². The molecule has 2 radical (unpaired) electrons. The predicted octanol–water partition coefficient (Wildman–Crippen LogP) is -1.07. The van der Waals surface area contributed by atoms with Crippen LogP contribution in [-0.4, -0.2) is 28.9 Å². The van der Waals surface area contributed by atoms with Gasteiger partial charge in [-0.3, -0.25) is 0 Å². The Bertz CT molecular complexity index is 6.00. The molecule has 0 spiro atoms. The summed E-state index contributed by atoms with van der Waals surface area (Å²) in [6, 6.07) is 0. The summed E-state index contributed by atoms with van der Waals surface area (Å²) in [7, 11) is 0. The van der Waals surface area contributed by atoms with Gasteiger partial charge < -0.3 is 0 Å². The minimum absolute atomic E-state index is 0. The summed E-state index contributed by atoms with van der Waals surface area (Å²) in [5.74, 6) is 0. The van der Waals surface area contributed by atoms with Gasteiger partial charge in [0.2, 0.25) is 0 Å². The zero-order chi connectivity index (χ0) is 2.71. The fraction of sp³-hybridized carbons (Fsp3) is 0. The Morgan fingerprint density at radius 3 is 1.25 bits per heavy atom. The Morgan fingerprint density at radius 1 is 1.25 bits per heavy atom. The Kier molecular flexibility index (Phi) is 20.0. The van der Waals surface area contributed by atoms with Crippen LogP contribution >= 0.6 is 12.4 Å². The van der Waals surface area contributed by atoms with Gasteiger partial charge in [-0.25, -0.2) is 0 Å². The van der Waals surface area contributed by atoms with Crippen LogP contribution in [0.15, 0.2) is 0 Å². The molecule has 0 rings (SSSR count). The first kappa shape index (κ1) is 8.89. The first-order chi connectivity index (χ1) is 1.41. The van der Waals surface area contributed by atoms with Crippen molar-refractivity contribution in [1.82, 2.24) is 0 Å². The van der Waals surface area contributed by atoms with Crippen LogP contribution in [0.5, 0.6) is 0 Å². The quantitative estimate of drug-likeness (QED) is 0.476. The molecule has 4 heteroatoms. The van der Waals surface area contributed by atoms with Crippen molar-refractivity contribution in [2.24, 2.45) is 0 Å². The molecular formula is H3ClO2Sn. The third-order valence-corrected chi connectivity index (χ3v) is 0. The van der Waals surface area contributed by atoms with E-state index in [1.165, 1.54) is 0 Å². The van der Waals surface area contributed by atoms with E-state index < -0.39 is 22.0 Å². The van der Waals surface area contributed by atoms with Crippen molar-refractivity contribution in [3.8, 4) is 0 Å². The predicted molar refractivity (Wildman–Crippen MR) is 17.4 cm³/mol. The SMILES string of the molecule is Cl.[OH][Sn][OH]. The van der Waals surface area contributed by atoms with E-state index in [4.69, 9.17) is 6.89 Å². The molecular weight excluding hydrogens is 186 g/mol. The van der Waals surface area contributed by atoms with Crippen molar-refractivity contribution in [3.05, 3.63) is 0 Å². The van der Waals surface area contributed by atoms with Crippen molar-refractivity contribution < 1.29 is 6.89 Å². The summed E-state index contributed by atoms with van der Waals surface area (Å²) in [5, 5.41) is 0. The summed E-state index contributed by atoms with van der Waals surface area (Å²) >= 11 is -1.77. The monoisotopic (exact) mass is 190 g/mol. The first-order valence-corrected chi connectivity index (χ1v) is 3.00. The third kappa shape index (κ3) is 11.9. The van der Waals surface area contributed by atoms with E-state index in [0.29, 0.717) is 0 Å². The molecule has 0 saturated carbocycles. The van der Waals surface area contributed by atoms with E-state index in [1.807, 2.05) is 0 Å². The molecule has 0 aliphatic rings. The van der Waals surface area contributed by atoms with Gasteiger partial charge in [0.05, 0.1) is 0 Å². The van der Waals surface area contributed by atoms with Gasteiger partial charge in [0, 0.05) is 0 Å². The molecule has 0 aliphatic heterocycles. The maximum atomic E-state index is 7.30. The van der Waals surface area contributed by atoms with Crippen molar-refractivity contribution in [3.63, 3.8) is 0 Å². The van der Waals surface area contributed by atoms with Crippen LogP contribution in [-0.2, 0) is 0 Å². The zero-order valence-electron chi connectivity index (χ0n) is 1.80. The molecule has 0 fully saturated rings. The first-order valence-electron chi connectivity index (χ1n) is 0.447. The molecule has 0 amide bonds. The van der Waals surface area contributed by atoms with Gasteiger partial charge in [-0.2, -0.15) is 0 Å². The molecule has 0 unspecified atom stereocenters. The maximum absolute atomic E-state index is 7.30. The second kappa shape index (κ2) is 8.99. The van der Waals surface area contributed by atoms with Crippen LogP contribution in [0.1, 0.15) is 0 Å². The molecule has 0 atom stereocenters. The molecule has 0 bridgehead atoms. The third-order valence-electron chi connectivity index (χ3n) is 0. The van der Waals surface area contributed by atoms with Crippen molar-refractivity contribution in [2.45, 2.75) is 0 Å². The van der Waals surface area contributed by atoms with Crippen LogP contribution < -0.4 is 0 Å². The van der Waals surface area contributed by atoms with E-state index in [9.17, 15) is 0 Å². The fourth-order valence-electron chi connectivity index (χ4n) is 0. The molecule has 4 heavy (non-hydrogen) atoms. The molecule has 0 aromatic rings. The molecule has 2 nitrogen and oxygen atoms in total. The van der Waals surface area contributed by atoms with E-state index in [0.717, 1.165) is 0 Å².